The maximum atomic E-state index is 5.98. The van der Waals surface area contributed by atoms with Gasteiger partial charge in [-0.05, 0) is 36.8 Å². The molecule has 0 radical (unpaired) electrons. The van der Waals surface area contributed by atoms with Crippen LogP contribution in [0.4, 0.5) is 5.82 Å². The highest BCUT2D eigenvalue weighted by Gasteiger charge is 2.16. The number of hydrazine groups is 1. The number of hydrogen-bond donors (Lipinski definition) is 3. The fraction of sp³-hybridized carbons (Fsp3) is 0.214. The zero-order chi connectivity index (χ0) is 14.5. The van der Waals surface area contributed by atoms with Crippen molar-refractivity contribution in [2.75, 3.05) is 11.5 Å². The van der Waals surface area contributed by atoms with Crippen molar-refractivity contribution in [1.82, 2.24) is 10.4 Å². The quantitative estimate of drug-likeness (QED) is 0.450. The number of rotatable bonds is 5. The molecule has 1 unspecified atom stereocenters. The predicted octanol–water partition coefficient (Wildman–Crippen LogP) is 2.92. The molecule has 0 aliphatic carbocycles. The summed E-state index contributed by atoms with van der Waals surface area (Å²) in [6.45, 7) is 2.00. The van der Waals surface area contributed by atoms with Gasteiger partial charge in [0, 0.05) is 27.4 Å². The van der Waals surface area contributed by atoms with E-state index in [1.165, 1.54) is 0 Å². The highest BCUT2D eigenvalue weighted by molar-refractivity contribution is 7.99. The number of thioether (sulfide) groups is 1. The maximum absolute atomic E-state index is 5.98. The number of nitrogens with zero attached hydrogens (tertiary/aromatic N) is 1. The highest BCUT2D eigenvalue weighted by atomic mass is 35.5. The van der Waals surface area contributed by atoms with Gasteiger partial charge in [0.25, 0.3) is 0 Å². The standard InChI is InChI=1S/C14H17ClN4S/c1-9-5-6-18-14(16)13(9)12(19-17)8-20-11-4-2-3-10(15)7-11/h2-7,12,19H,8,17H2,1H3,(H2,16,18). The van der Waals surface area contributed by atoms with Crippen LogP contribution in [0.3, 0.4) is 0 Å². The molecule has 0 bridgehead atoms. The van der Waals surface area contributed by atoms with Gasteiger partial charge in [-0.2, -0.15) is 0 Å². The molecule has 0 spiro atoms. The van der Waals surface area contributed by atoms with Crippen molar-refractivity contribution in [3.63, 3.8) is 0 Å². The average Bonchev–Trinajstić information content (AvgIpc) is 2.42. The van der Waals surface area contributed by atoms with Crippen LogP contribution in [0, 0.1) is 6.92 Å². The first kappa shape index (κ1) is 15.1. The fourth-order valence-corrected chi connectivity index (χ4v) is 3.26. The summed E-state index contributed by atoms with van der Waals surface area (Å²) in [5.41, 5.74) is 10.8. The summed E-state index contributed by atoms with van der Waals surface area (Å²) in [6.07, 6.45) is 1.70. The van der Waals surface area contributed by atoms with Gasteiger partial charge in [-0.3, -0.25) is 11.3 Å². The third-order valence-corrected chi connectivity index (χ3v) is 4.32. The molecule has 1 aromatic carbocycles. The Balaban J connectivity index is 2.13. The molecular weight excluding hydrogens is 292 g/mol. The Morgan fingerprint density at radius 2 is 2.20 bits per heavy atom. The Morgan fingerprint density at radius 3 is 2.85 bits per heavy atom. The lowest BCUT2D eigenvalue weighted by Gasteiger charge is -2.19. The van der Waals surface area contributed by atoms with E-state index in [2.05, 4.69) is 10.4 Å². The van der Waals surface area contributed by atoms with Crippen LogP contribution in [-0.2, 0) is 0 Å². The van der Waals surface area contributed by atoms with Gasteiger partial charge in [0.15, 0.2) is 0 Å². The van der Waals surface area contributed by atoms with Crippen molar-refractivity contribution in [3.05, 3.63) is 52.7 Å². The molecule has 1 aromatic heterocycles. The van der Waals surface area contributed by atoms with E-state index in [1.807, 2.05) is 37.3 Å². The largest absolute Gasteiger partial charge is 0.383 e. The molecule has 0 aliphatic heterocycles. The van der Waals surface area contributed by atoms with Crippen LogP contribution in [0.15, 0.2) is 41.4 Å². The Hall–Kier alpha value is -1.27. The minimum absolute atomic E-state index is 0.0623. The van der Waals surface area contributed by atoms with Crippen LogP contribution < -0.4 is 17.0 Å². The van der Waals surface area contributed by atoms with Crippen molar-refractivity contribution < 1.29 is 0 Å². The lowest BCUT2D eigenvalue weighted by atomic mass is 10.0. The monoisotopic (exact) mass is 308 g/mol. The molecule has 1 atom stereocenters. The van der Waals surface area contributed by atoms with Crippen LogP contribution in [0.25, 0.3) is 0 Å². The number of nitrogens with one attached hydrogen (secondary N) is 1. The first-order chi connectivity index (χ1) is 9.61. The second-order valence-corrected chi connectivity index (χ2v) is 5.94. The van der Waals surface area contributed by atoms with Crippen LogP contribution in [0.2, 0.25) is 5.02 Å². The van der Waals surface area contributed by atoms with Gasteiger partial charge < -0.3 is 5.73 Å². The molecule has 4 nitrogen and oxygen atoms in total. The fourth-order valence-electron chi connectivity index (χ4n) is 2.00. The summed E-state index contributed by atoms with van der Waals surface area (Å²) in [5, 5.41) is 0.726. The molecule has 0 fully saturated rings. The molecule has 2 aromatic rings. The van der Waals surface area contributed by atoms with Crippen molar-refractivity contribution in [2.24, 2.45) is 5.84 Å². The van der Waals surface area contributed by atoms with Crippen molar-refractivity contribution in [3.8, 4) is 0 Å². The second kappa shape index (κ2) is 6.95. The minimum atomic E-state index is -0.0623. The molecule has 106 valence electrons. The maximum Gasteiger partial charge on any atom is 0.128 e. The van der Waals surface area contributed by atoms with E-state index in [0.29, 0.717) is 5.82 Å². The first-order valence-corrected chi connectivity index (χ1v) is 7.53. The predicted molar refractivity (Wildman–Crippen MR) is 85.6 cm³/mol. The smallest absolute Gasteiger partial charge is 0.128 e. The Labute approximate surface area is 127 Å². The van der Waals surface area contributed by atoms with Crippen molar-refractivity contribution in [1.29, 1.82) is 0 Å². The Morgan fingerprint density at radius 1 is 1.40 bits per heavy atom. The number of nitrogen functional groups attached to an aromatic ring is 1. The number of hydrogen-bond acceptors (Lipinski definition) is 5. The zero-order valence-corrected chi connectivity index (χ0v) is 12.7. The molecule has 2 rings (SSSR count). The van der Waals surface area contributed by atoms with E-state index >= 15 is 0 Å². The number of aryl methyl sites for hydroxylation is 1. The van der Waals surface area contributed by atoms with Gasteiger partial charge in [-0.1, -0.05) is 17.7 Å². The van der Waals surface area contributed by atoms with E-state index in [4.69, 9.17) is 23.2 Å². The van der Waals surface area contributed by atoms with Gasteiger partial charge in [-0.25, -0.2) is 4.98 Å². The van der Waals surface area contributed by atoms with Crippen LogP contribution in [-0.4, -0.2) is 10.7 Å². The SMILES string of the molecule is Cc1ccnc(N)c1C(CSc1cccc(Cl)c1)NN. The topological polar surface area (TPSA) is 77.0 Å². The molecule has 1 heterocycles. The first-order valence-electron chi connectivity index (χ1n) is 6.17. The number of halogens is 1. The average molecular weight is 309 g/mol. The van der Waals surface area contributed by atoms with Crippen LogP contribution in [0.1, 0.15) is 17.2 Å². The number of nitrogens with two attached hydrogens (primary N) is 2. The summed E-state index contributed by atoms with van der Waals surface area (Å²) in [4.78, 5) is 5.23. The summed E-state index contributed by atoms with van der Waals surface area (Å²) >= 11 is 7.65. The lowest BCUT2D eigenvalue weighted by Crippen LogP contribution is -2.31. The van der Waals surface area contributed by atoms with Crippen molar-refractivity contribution in [2.45, 2.75) is 17.9 Å². The summed E-state index contributed by atoms with van der Waals surface area (Å²) < 4.78 is 0. The van der Waals surface area contributed by atoms with Gasteiger partial charge in [0.2, 0.25) is 0 Å². The van der Waals surface area contributed by atoms with E-state index in [-0.39, 0.29) is 6.04 Å². The second-order valence-electron chi connectivity index (χ2n) is 4.41. The number of benzene rings is 1. The van der Waals surface area contributed by atoms with E-state index in [0.717, 1.165) is 26.8 Å². The number of aromatic nitrogens is 1. The Bertz CT molecular complexity index is 571. The molecule has 0 aliphatic rings. The van der Waals surface area contributed by atoms with E-state index in [9.17, 15) is 0 Å². The van der Waals surface area contributed by atoms with Gasteiger partial charge in [0.1, 0.15) is 5.82 Å². The normalized spacial score (nSPS) is 12.3. The number of anilines is 1. The summed E-state index contributed by atoms with van der Waals surface area (Å²) in [5.74, 6) is 6.92. The molecule has 20 heavy (non-hydrogen) atoms. The van der Waals surface area contributed by atoms with Crippen molar-refractivity contribution >= 4 is 29.2 Å². The summed E-state index contributed by atoms with van der Waals surface area (Å²) in [6, 6.07) is 9.60. The zero-order valence-electron chi connectivity index (χ0n) is 11.1. The Kier molecular flexibility index (Phi) is 5.25. The number of pyridine rings is 1. The molecule has 0 amide bonds. The highest BCUT2D eigenvalue weighted by Crippen LogP contribution is 2.29. The molecule has 0 saturated heterocycles. The third kappa shape index (κ3) is 3.64. The van der Waals surface area contributed by atoms with Gasteiger partial charge in [0.05, 0.1) is 6.04 Å². The lowest BCUT2D eigenvalue weighted by molar-refractivity contribution is 0.607. The molecular formula is C14H17ClN4S. The van der Waals surface area contributed by atoms with E-state index in [1.54, 1.807) is 18.0 Å². The molecule has 0 saturated carbocycles. The van der Waals surface area contributed by atoms with Gasteiger partial charge >= 0.3 is 0 Å². The third-order valence-electron chi connectivity index (χ3n) is 3.00. The van der Waals surface area contributed by atoms with Gasteiger partial charge in [-0.15, -0.1) is 11.8 Å². The molecule has 6 heteroatoms. The van der Waals surface area contributed by atoms with E-state index < -0.39 is 0 Å². The minimum Gasteiger partial charge on any atom is -0.383 e. The van der Waals surface area contributed by atoms with Crippen LogP contribution in [0.5, 0.6) is 0 Å². The molecule has 5 N–H and O–H groups in total. The summed E-state index contributed by atoms with van der Waals surface area (Å²) in [7, 11) is 0. The van der Waals surface area contributed by atoms with Crippen LogP contribution >= 0.6 is 23.4 Å².